The van der Waals surface area contributed by atoms with Crippen molar-refractivity contribution >= 4 is 28.0 Å². The fourth-order valence-corrected chi connectivity index (χ4v) is 4.08. The highest BCUT2D eigenvalue weighted by Crippen LogP contribution is 2.39. The van der Waals surface area contributed by atoms with Gasteiger partial charge in [-0.2, -0.15) is 0 Å². The second-order valence-electron chi connectivity index (χ2n) is 9.17. The van der Waals surface area contributed by atoms with Gasteiger partial charge < -0.3 is 14.6 Å². The second-order valence-corrected chi connectivity index (χ2v) is 9.17. The molecule has 3 aromatic rings. The number of benzene rings is 1. The molecule has 0 aliphatic heterocycles. The van der Waals surface area contributed by atoms with Crippen LogP contribution in [0, 0.1) is 0 Å². The van der Waals surface area contributed by atoms with Crippen LogP contribution in [0.2, 0.25) is 0 Å². The van der Waals surface area contributed by atoms with Crippen molar-refractivity contribution in [1.82, 2.24) is 19.9 Å². The summed E-state index contributed by atoms with van der Waals surface area (Å²) < 4.78 is 8.27. The van der Waals surface area contributed by atoms with E-state index >= 15 is 0 Å². The molecule has 4 rings (SSSR count). The van der Waals surface area contributed by atoms with Gasteiger partial charge in [0.25, 0.3) is 0 Å². The van der Waals surface area contributed by atoms with Crippen molar-refractivity contribution in [2.24, 2.45) is 0 Å². The summed E-state index contributed by atoms with van der Waals surface area (Å²) in [6, 6.07) is 8.16. The van der Waals surface area contributed by atoms with Gasteiger partial charge >= 0.3 is 6.09 Å². The minimum atomic E-state index is -0.476. The Hall–Kier alpha value is -2.63. The Morgan fingerprint density at radius 2 is 2.00 bits per heavy atom. The van der Waals surface area contributed by atoms with Crippen LogP contribution in [-0.2, 0) is 17.7 Å². The van der Waals surface area contributed by atoms with Crippen molar-refractivity contribution in [2.75, 3.05) is 0 Å². The maximum Gasteiger partial charge on any atom is 0.408 e. The van der Waals surface area contributed by atoms with Crippen LogP contribution >= 0.6 is 0 Å². The van der Waals surface area contributed by atoms with Gasteiger partial charge in [0, 0.05) is 17.3 Å². The topological polar surface area (TPSA) is 69.0 Å². The molecular weight excluding hydrogens is 364 g/mol. The van der Waals surface area contributed by atoms with E-state index in [4.69, 9.17) is 9.72 Å². The Bertz CT molecular complexity index is 1040. The number of nitrogens with zero attached hydrogens (tertiary/aromatic N) is 3. The van der Waals surface area contributed by atoms with E-state index < -0.39 is 5.60 Å². The quantitative estimate of drug-likeness (QED) is 0.662. The summed E-state index contributed by atoms with van der Waals surface area (Å²) in [5.74, 6) is 1.03. The molecule has 0 unspecified atom stereocenters. The van der Waals surface area contributed by atoms with Crippen molar-refractivity contribution in [2.45, 2.75) is 77.5 Å². The van der Waals surface area contributed by atoms with Crippen LogP contribution in [0.5, 0.6) is 0 Å². The van der Waals surface area contributed by atoms with E-state index in [0.717, 1.165) is 59.9 Å². The normalized spacial score (nSPS) is 16.0. The molecule has 0 saturated heterocycles. The lowest BCUT2D eigenvalue weighted by Crippen LogP contribution is -2.51. The number of rotatable bonds is 5. The summed E-state index contributed by atoms with van der Waals surface area (Å²) in [5.41, 5.74) is 2.15. The molecule has 0 atom stereocenters. The average Bonchev–Trinajstić information content (AvgIpc) is 2.96. The van der Waals surface area contributed by atoms with Crippen LogP contribution < -0.4 is 5.32 Å². The van der Waals surface area contributed by atoms with E-state index in [9.17, 15) is 4.79 Å². The lowest BCUT2D eigenvalue weighted by atomic mass is 9.79. The first kappa shape index (κ1) is 19.7. The monoisotopic (exact) mass is 394 g/mol. The molecule has 2 heterocycles. The number of imidazole rings is 1. The van der Waals surface area contributed by atoms with E-state index in [2.05, 4.69) is 27.9 Å². The fraction of sp³-hybridized carbons (Fsp3) is 0.522. The molecule has 1 fully saturated rings. The Kier molecular flexibility index (Phi) is 4.97. The van der Waals surface area contributed by atoms with Gasteiger partial charge in [0.1, 0.15) is 16.9 Å². The van der Waals surface area contributed by atoms with Crippen molar-refractivity contribution in [3.05, 3.63) is 36.3 Å². The molecule has 2 aromatic heterocycles. The number of alkyl carbamates (subject to hydrolysis) is 1. The molecule has 0 radical (unpaired) electrons. The predicted molar refractivity (Wildman–Crippen MR) is 115 cm³/mol. The molecule has 0 bridgehead atoms. The fourth-order valence-electron chi connectivity index (χ4n) is 4.08. The minimum absolute atomic E-state index is 0.320. The number of hydrogen-bond acceptors (Lipinski definition) is 4. The van der Waals surface area contributed by atoms with Gasteiger partial charge in [0.2, 0.25) is 0 Å². The SMILES string of the molecule is CCCc1nc2cnc3ccccc3c2n1CC1(OC(=O)NC(C)(C)C)CCC1. The van der Waals surface area contributed by atoms with Gasteiger partial charge in [-0.1, -0.05) is 25.1 Å². The van der Waals surface area contributed by atoms with Gasteiger partial charge in [0.15, 0.2) is 0 Å². The largest absolute Gasteiger partial charge is 0.441 e. The highest BCUT2D eigenvalue weighted by molar-refractivity contribution is 6.02. The van der Waals surface area contributed by atoms with Gasteiger partial charge in [-0.3, -0.25) is 4.98 Å². The maximum absolute atomic E-state index is 12.5. The Morgan fingerprint density at radius 1 is 1.24 bits per heavy atom. The zero-order valence-corrected chi connectivity index (χ0v) is 17.8. The van der Waals surface area contributed by atoms with E-state index in [-0.39, 0.29) is 11.6 Å². The number of aryl methyl sites for hydroxylation is 1. The number of carbonyl (C=O) groups is 1. The van der Waals surface area contributed by atoms with Crippen LogP contribution in [0.3, 0.4) is 0 Å². The first-order chi connectivity index (χ1) is 13.8. The van der Waals surface area contributed by atoms with Gasteiger partial charge in [0.05, 0.1) is 23.8 Å². The first-order valence-electron chi connectivity index (χ1n) is 10.5. The third kappa shape index (κ3) is 3.93. The molecule has 154 valence electrons. The van der Waals surface area contributed by atoms with Crippen LogP contribution in [0.15, 0.2) is 30.5 Å². The van der Waals surface area contributed by atoms with Gasteiger partial charge in [-0.15, -0.1) is 0 Å². The van der Waals surface area contributed by atoms with Crippen LogP contribution in [0.1, 0.15) is 59.2 Å². The van der Waals surface area contributed by atoms with Crippen LogP contribution in [0.4, 0.5) is 4.79 Å². The number of aromatic nitrogens is 3. The van der Waals surface area contributed by atoms with Gasteiger partial charge in [-0.05, 0) is 52.5 Å². The second kappa shape index (κ2) is 7.32. The van der Waals surface area contributed by atoms with E-state index in [1.807, 2.05) is 45.2 Å². The lowest BCUT2D eigenvalue weighted by Gasteiger charge is -2.42. The van der Waals surface area contributed by atoms with Crippen molar-refractivity contribution < 1.29 is 9.53 Å². The lowest BCUT2D eigenvalue weighted by molar-refractivity contribution is -0.0611. The van der Waals surface area contributed by atoms with Crippen LogP contribution in [0.25, 0.3) is 21.9 Å². The number of hydrogen-bond donors (Lipinski definition) is 1. The molecule has 1 aliphatic carbocycles. The summed E-state index contributed by atoms with van der Waals surface area (Å²) in [5, 5.41) is 4.02. The number of para-hydroxylation sites is 1. The summed E-state index contributed by atoms with van der Waals surface area (Å²) in [6.07, 6.45) is 6.22. The third-order valence-corrected chi connectivity index (χ3v) is 5.53. The summed E-state index contributed by atoms with van der Waals surface area (Å²) in [4.78, 5) is 22.0. The number of nitrogens with one attached hydrogen (secondary N) is 1. The summed E-state index contributed by atoms with van der Waals surface area (Å²) in [7, 11) is 0. The van der Waals surface area contributed by atoms with Crippen molar-refractivity contribution in [3.8, 4) is 0 Å². The highest BCUT2D eigenvalue weighted by atomic mass is 16.6. The smallest absolute Gasteiger partial charge is 0.408 e. The van der Waals surface area contributed by atoms with Gasteiger partial charge in [-0.25, -0.2) is 9.78 Å². The molecule has 6 nitrogen and oxygen atoms in total. The number of fused-ring (bicyclic) bond motifs is 3. The molecule has 1 amide bonds. The zero-order valence-electron chi connectivity index (χ0n) is 17.8. The number of amides is 1. The first-order valence-corrected chi connectivity index (χ1v) is 10.5. The molecule has 29 heavy (non-hydrogen) atoms. The standard InChI is InChI=1S/C23H30N4O2/c1-5-9-19-25-18-14-24-17-11-7-6-10-16(17)20(18)27(19)15-23(12-8-13-23)29-21(28)26-22(2,3)4/h6-7,10-11,14H,5,8-9,12-13,15H2,1-4H3,(H,26,28). The molecular formula is C23H30N4O2. The Balaban J connectivity index is 1.74. The maximum atomic E-state index is 12.5. The minimum Gasteiger partial charge on any atom is -0.441 e. The van der Waals surface area contributed by atoms with E-state index in [1.165, 1.54) is 0 Å². The molecule has 1 N–H and O–H groups in total. The number of ether oxygens (including phenoxy) is 1. The van der Waals surface area contributed by atoms with Crippen molar-refractivity contribution in [1.29, 1.82) is 0 Å². The molecule has 1 aliphatic rings. The molecule has 6 heteroatoms. The molecule has 0 spiro atoms. The predicted octanol–water partition coefficient (Wildman–Crippen LogP) is 4.98. The Morgan fingerprint density at radius 3 is 2.66 bits per heavy atom. The Labute approximate surface area is 171 Å². The number of pyridine rings is 1. The summed E-state index contributed by atoms with van der Waals surface area (Å²) >= 11 is 0. The number of carbonyl (C=O) groups excluding carboxylic acids is 1. The zero-order chi connectivity index (χ0) is 20.6. The molecule has 1 aromatic carbocycles. The van der Waals surface area contributed by atoms with Crippen LogP contribution in [-0.4, -0.2) is 31.8 Å². The molecule has 1 saturated carbocycles. The van der Waals surface area contributed by atoms with Crippen molar-refractivity contribution in [3.63, 3.8) is 0 Å². The summed E-state index contributed by atoms with van der Waals surface area (Å²) in [6.45, 7) is 8.67. The third-order valence-electron chi connectivity index (χ3n) is 5.53. The average molecular weight is 395 g/mol. The highest BCUT2D eigenvalue weighted by Gasteiger charge is 2.42. The van der Waals surface area contributed by atoms with E-state index in [1.54, 1.807) is 0 Å². The van der Waals surface area contributed by atoms with E-state index in [0.29, 0.717) is 6.54 Å².